The van der Waals surface area contributed by atoms with Crippen molar-refractivity contribution in [2.75, 3.05) is 32.7 Å². The summed E-state index contributed by atoms with van der Waals surface area (Å²) < 4.78 is 0. The molecule has 1 saturated heterocycles. The summed E-state index contributed by atoms with van der Waals surface area (Å²) in [5, 5.41) is 15.2. The number of thiophene rings is 1. The van der Waals surface area contributed by atoms with Gasteiger partial charge in [-0.05, 0) is 23.8 Å². The van der Waals surface area contributed by atoms with Crippen LogP contribution in [0.25, 0.3) is 0 Å². The van der Waals surface area contributed by atoms with Crippen LogP contribution in [0.3, 0.4) is 0 Å². The molecule has 0 aliphatic carbocycles. The number of hydrogen-bond donors (Lipinski definition) is 1. The zero-order chi connectivity index (χ0) is 13.7. The molecular weight excluding hydrogens is 254 g/mol. The summed E-state index contributed by atoms with van der Waals surface area (Å²) in [6.45, 7) is 9.70. The van der Waals surface area contributed by atoms with Gasteiger partial charge in [0.05, 0.1) is 11.5 Å². The van der Waals surface area contributed by atoms with Crippen molar-refractivity contribution in [2.24, 2.45) is 5.92 Å². The maximum absolute atomic E-state index is 9.77. The van der Waals surface area contributed by atoms with Gasteiger partial charge in [-0.1, -0.05) is 19.9 Å². The van der Waals surface area contributed by atoms with Crippen molar-refractivity contribution in [3.8, 4) is 6.07 Å². The molecule has 0 saturated carbocycles. The van der Waals surface area contributed by atoms with E-state index in [1.54, 1.807) is 11.3 Å². The monoisotopic (exact) mass is 277 g/mol. The Kier molecular flexibility index (Phi) is 4.98. The van der Waals surface area contributed by atoms with E-state index in [9.17, 15) is 5.26 Å². The van der Waals surface area contributed by atoms with Crippen LogP contribution >= 0.6 is 11.3 Å². The Hall–Kier alpha value is -0.890. The maximum atomic E-state index is 9.77. The molecule has 1 N–H and O–H groups in total. The molecule has 3 nitrogen and oxygen atoms in total. The molecule has 2 rings (SSSR count). The van der Waals surface area contributed by atoms with Gasteiger partial charge >= 0.3 is 0 Å². The summed E-state index contributed by atoms with van der Waals surface area (Å²) in [4.78, 5) is 3.69. The van der Waals surface area contributed by atoms with Crippen molar-refractivity contribution < 1.29 is 0 Å². The summed E-state index contributed by atoms with van der Waals surface area (Å²) >= 11 is 1.72. The van der Waals surface area contributed by atoms with Crippen molar-refractivity contribution in [3.63, 3.8) is 0 Å². The van der Waals surface area contributed by atoms with Gasteiger partial charge in [-0.15, -0.1) is 11.3 Å². The van der Waals surface area contributed by atoms with E-state index in [1.165, 1.54) is 4.88 Å². The van der Waals surface area contributed by atoms with Gasteiger partial charge in [-0.2, -0.15) is 5.26 Å². The molecule has 0 radical (unpaired) electrons. The summed E-state index contributed by atoms with van der Waals surface area (Å²) in [5.74, 6) is 0.346. The Morgan fingerprint density at radius 1 is 1.47 bits per heavy atom. The average Bonchev–Trinajstić information content (AvgIpc) is 2.95. The molecule has 2 heterocycles. The lowest BCUT2D eigenvalue weighted by Gasteiger charge is -2.34. The lowest BCUT2D eigenvalue weighted by molar-refractivity contribution is 0.213. The van der Waals surface area contributed by atoms with Gasteiger partial charge < -0.3 is 10.2 Å². The Labute approximate surface area is 120 Å². The van der Waals surface area contributed by atoms with Crippen LogP contribution in [0.4, 0.5) is 0 Å². The molecule has 104 valence electrons. The third-order valence-corrected chi connectivity index (χ3v) is 5.23. The summed E-state index contributed by atoms with van der Waals surface area (Å²) in [7, 11) is 0. The fourth-order valence-corrected chi connectivity index (χ4v) is 3.79. The quantitative estimate of drug-likeness (QED) is 0.898. The first-order valence-corrected chi connectivity index (χ1v) is 7.95. The van der Waals surface area contributed by atoms with E-state index in [2.05, 4.69) is 47.6 Å². The molecule has 1 fully saturated rings. The van der Waals surface area contributed by atoms with Crippen molar-refractivity contribution in [1.82, 2.24) is 10.2 Å². The molecule has 1 atom stereocenters. The Morgan fingerprint density at radius 2 is 2.21 bits per heavy atom. The Bertz CT molecular complexity index is 415. The highest BCUT2D eigenvalue weighted by Gasteiger charge is 2.37. The molecule has 0 spiro atoms. The van der Waals surface area contributed by atoms with E-state index in [0.29, 0.717) is 5.92 Å². The van der Waals surface area contributed by atoms with Gasteiger partial charge in [0, 0.05) is 37.6 Å². The number of piperazine rings is 1. The molecule has 1 aliphatic heterocycles. The second-order valence-corrected chi connectivity index (χ2v) is 6.50. The molecule has 0 amide bonds. The Balaban J connectivity index is 2.08. The molecule has 4 heteroatoms. The van der Waals surface area contributed by atoms with Gasteiger partial charge in [0.2, 0.25) is 0 Å². The highest BCUT2D eigenvalue weighted by Crippen LogP contribution is 2.38. The van der Waals surface area contributed by atoms with Gasteiger partial charge in [-0.3, -0.25) is 0 Å². The minimum Gasteiger partial charge on any atom is -0.314 e. The molecule has 0 bridgehead atoms. The zero-order valence-electron chi connectivity index (χ0n) is 11.9. The van der Waals surface area contributed by atoms with Gasteiger partial charge in [0.25, 0.3) is 0 Å². The smallest absolute Gasteiger partial charge is 0.0949 e. The van der Waals surface area contributed by atoms with Crippen molar-refractivity contribution in [2.45, 2.75) is 25.7 Å². The van der Waals surface area contributed by atoms with E-state index in [-0.39, 0.29) is 5.41 Å². The van der Waals surface area contributed by atoms with Crippen LogP contribution in [-0.4, -0.2) is 37.6 Å². The fourth-order valence-electron chi connectivity index (χ4n) is 2.74. The van der Waals surface area contributed by atoms with Crippen molar-refractivity contribution >= 4 is 11.3 Å². The fraction of sp³-hybridized carbons (Fsp3) is 0.667. The molecule has 1 aromatic heterocycles. The first kappa shape index (κ1) is 14.5. The zero-order valence-corrected chi connectivity index (χ0v) is 12.7. The van der Waals surface area contributed by atoms with Crippen LogP contribution in [0.2, 0.25) is 0 Å². The van der Waals surface area contributed by atoms with Crippen LogP contribution in [0, 0.1) is 17.2 Å². The number of rotatable bonds is 5. The number of hydrogen-bond acceptors (Lipinski definition) is 4. The van der Waals surface area contributed by atoms with Gasteiger partial charge in [-0.25, -0.2) is 0 Å². The van der Waals surface area contributed by atoms with Gasteiger partial charge in [0.15, 0.2) is 0 Å². The minimum absolute atomic E-state index is 0.320. The molecule has 1 unspecified atom stereocenters. The first-order valence-electron chi connectivity index (χ1n) is 7.07. The predicted molar refractivity (Wildman–Crippen MR) is 80.4 cm³/mol. The first-order chi connectivity index (χ1) is 9.19. The Morgan fingerprint density at radius 3 is 2.74 bits per heavy atom. The minimum atomic E-state index is -0.320. The summed E-state index contributed by atoms with van der Waals surface area (Å²) in [5.41, 5.74) is -0.320. The molecular formula is C15H23N3S. The van der Waals surface area contributed by atoms with E-state index in [4.69, 9.17) is 0 Å². The molecule has 1 aromatic rings. The van der Waals surface area contributed by atoms with E-state index < -0.39 is 0 Å². The van der Waals surface area contributed by atoms with E-state index in [0.717, 1.165) is 39.1 Å². The van der Waals surface area contributed by atoms with Crippen LogP contribution in [0.15, 0.2) is 17.5 Å². The van der Waals surface area contributed by atoms with E-state index >= 15 is 0 Å². The highest BCUT2D eigenvalue weighted by atomic mass is 32.1. The standard InChI is InChI=1S/C15H23N3S/c1-13(2)15(12-16,14-4-3-11-19-14)5-8-18-9-6-17-7-10-18/h3-4,11,13,17H,5-10H2,1-2H3. The normalized spacial score (nSPS) is 20.1. The number of nitriles is 1. The second kappa shape index (κ2) is 6.51. The van der Waals surface area contributed by atoms with E-state index in [1.807, 2.05) is 0 Å². The van der Waals surface area contributed by atoms with Crippen LogP contribution in [0.5, 0.6) is 0 Å². The second-order valence-electron chi connectivity index (χ2n) is 5.56. The highest BCUT2D eigenvalue weighted by molar-refractivity contribution is 7.10. The maximum Gasteiger partial charge on any atom is 0.0949 e. The van der Waals surface area contributed by atoms with Crippen molar-refractivity contribution in [3.05, 3.63) is 22.4 Å². The molecule has 1 aliphatic rings. The predicted octanol–water partition coefficient (Wildman–Crippen LogP) is 2.46. The van der Waals surface area contributed by atoms with Crippen LogP contribution < -0.4 is 5.32 Å². The lowest BCUT2D eigenvalue weighted by atomic mass is 9.74. The average molecular weight is 277 g/mol. The van der Waals surface area contributed by atoms with Crippen molar-refractivity contribution in [1.29, 1.82) is 5.26 Å². The molecule has 19 heavy (non-hydrogen) atoms. The largest absolute Gasteiger partial charge is 0.314 e. The number of nitrogens with zero attached hydrogens (tertiary/aromatic N) is 2. The third kappa shape index (κ3) is 3.17. The SMILES string of the molecule is CC(C)C(C#N)(CCN1CCNCC1)c1cccs1. The third-order valence-electron chi connectivity index (χ3n) is 4.18. The summed E-state index contributed by atoms with van der Waals surface area (Å²) in [6.07, 6.45) is 0.932. The molecule has 0 aromatic carbocycles. The van der Waals surface area contributed by atoms with Crippen LogP contribution in [0.1, 0.15) is 25.1 Å². The lowest BCUT2D eigenvalue weighted by Crippen LogP contribution is -2.45. The van der Waals surface area contributed by atoms with Crippen LogP contribution in [-0.2, 0) is 5.41 Å². The number of nitrogens with one attached hydrogen (secondary N) is 1. The van der Waals surface area contributed by atoms with Gasteiger partial charge in [0.1, 0.15) is 0 Å². The topological polar surface area (TPSA) is 39.1 Å². The summed E-state index contributed by atoms with van der Waals surface area (Å²) in [6, 6.07) is 6.80.